The average molecular weight is 281 g/mol. The number of hydrogen-bond acceptors (Lipinski definition) is 3. The van der Waals surface area contributed by atoms with E-state index in [0.29, 0.717) is 6.04 Å². The van der Waals surface area contributed by atoms with Gasteiger partial charge in [0.15, 0.2) is 0 Å². The van der Waals surface area contributed by atoms with Crippen LogP contribution in [0, 0.1) is 5.92 Å². The first-order valence-corrected chi connectivity index (χ1v) is 8.65. The van der Waals surface area contributed by atoms with E-state index in [1.807, 2.05) is 0 Å². The zero-order chi connectivity index (χ0) is 14.8. The van der Waals surface area contributed by atoms with Crippen LogP contribution in [-0.4, -0.2) is 54.1 Å². The first kappa shape index (κ1) is 16.3. The van der Waals surface area contributed by atoms with Gasteiger partial charge in [0, 0.05) is 30.7 Å². The van der Waals surface area contributed by atoms with E-state index < -0.39 is 0 Å². The van der Waals surface area contributed by atoms with Crippen LogP contribution in [-0.2, 0) is 0 Å². The quantitative estimate of drug-likeness (QED) is 0.841. The molecule has 2 N–H and O–H groups in total. The van der Waals surface area contributed by atoms with Crippen molar-refractivity contribution in [3.63, 3.8) is 0 Å². The first-order chi connectivity index (χ1) is 9.48. The van der Waals surface area contributed by atoms with Gasteiger partial charge < -0.3 is 10.6 Å². The summed E-state index contributed by atoms with van der Waals surface area (Å²) < 4.78 is 0. The molecule has 1 saturated heterocycles. The number of piperidine rings is 1. The molecule has 2 aliphatic rings. The maximum Gasteiger partial charge on any atom is 0.0361 e. The molecule has 2 unspecified atom stereocenters. The summed E-state index contributed by atoms with van der Waals surface area (Å²) in [5, 5.41) is 0. The lowest BCUT2D eigenvalue weighted by Crippen LogP contribution is -2.63. The lowest BCUT2D eigenvalue weighted by molar-refractivity contribution is -0.0223. The number of nitrogens with zero attached hydrogens (tertiary/aromatic N) is 2. The fraction of sp³-hybridized carbons (Fsp3) is 1.00. The lowest BCUT2D eigenvalue weighted by Gasteiger charge is -2.53. The van der Waals surface area contributed by atoms with Crippen LogP contribution in [0.4, 0.5) is 0 Å². The Morgan fingerprint density at radius 2 is 1.95 bits per heavy atom. The minimum absolute atomic E-state index is 0.255. The number of rotatable bonds is 5. The van der Waals surface area contributed by atoms with Gasteiger partial charge in [0.2, 0.25) is 0 Å². The molecule has 2 atom stereocenters. The fourth-order valence-corrected chi connectivity index (χ4v) is 4.32. The van der Waals surface area contributed by atoms with Crippen molar-refractivity contribution in [2.24, 2.45) is 11.7 Å². The molecule has 1 heterocycles. The monoisotopic (exact) mass is 281 g/mol. The van der Waals surface area contributed by atoms with Crippen molar-refractivity contribution in [2.45, 2.75) is 76.9 Å². The van der Waals surface area contributed by atoms with Crippen molar-refractivity contribution >= 4 is 0 Å². The van der Waals surface area contributed by atoms with Crippen molar-refractivity contribution in [3.05, 3.63) is 0 Å². The van der Waals surface area contributed by atoms with Crippen LogP contribution in [0.5, 0.6) is 0 Å². The molecule has 0 spiro atoms. The van der Waals surface area contributed by atoms with Gasteiger partial charge in [0.1, 0.15) is 0 Å². The van der Waals surface area contributed by atoms with E-state index in [2.05, 4.69) is 37.6 Å². The highest BCUT2D eigenvalue weighted by atomic mass is 15.3. The summed E-state index contributed by atoms with van der Waals surface area (Å²) in [7, 11) is 2.26. The molecule has 2 fully saturated rings. The van der Waals surface area contributed by atoms with E-state index in [9.17, 15) is 0 Å². The largest absolute Gasteiger partial charge is 0.329 e. The molecule has 0 bridgehead atoms. The molecule has 0 radical (unpaired) electrons. The molecule has 0 aromatic carbocycles. The van der Waals surface area contributed by atoms with Crippen molar-refractivity contribution < 1.29 is 0 Å². The molecular weight excluding hydrogens is 246 g/mol. The highest BCUT2D eigenvalue weighted by Crippen LogP contribution is 2.37. The van der Waals surface area contributed by atoms with Gasteiger partial charge in [-0.1, -0.05) is 26.7 Å². The normalized spacial score (nSPS) is 33.5. The van der Waals surface area contributed by atoms with Crippen LogP contribution in [0.15, 0.2) is 0 Å². The average Bonchev–Trinajstić information content (AvgIpc) is 2.93. The SMILES string of the molecule is CC(C)CN(C1CCCC1)C1(CN)CCN(C)C(C)C1. The van der Waals surface area contributed by atoms with E-state index >= 15 is 0 Å². The second kappa shape index (κ2) is 6.76. The van der Waals surface area contributed by atoms with E-state index in [4.69, 9.17) is 5.73 Å². The summed E-state index contributed by atoms with van der Waals surface area (Å²) in [5.74, 6) is 0.731. The molecule has 0 aromatic rings. The Morgan fingerprint density at radius 1 is 1.30 bits per heavy atom. The third-order valence-corrected chi connectivity index (χ3v) is 5.67. The van der Waals surface area contributed by atoms with Gasteiger partial charge in [-0.05, 0) is 52.1 Å². The molecule has 1 aliphatic heterocycles. The Hall–Kier alpha value is -0.120. The second-order valence-electron chi connectivity index (χ2n) is 7.70. The Balaban J connectivity index is 2.18. The predicted octanol–water partition coefficient (Wildman–Crippen LogP) is 2.70. The standard InChI is InChI=1S/C17H35N3/c1-14(2)12-20(16-7-5-6-8-16)17(13-18)9-10-19(4)15(3)11-17/h14-16H,5-13,18H2,1-4H3. The van der Waals surface area contributed by atoms with E-state index in [0.717, 1.165) is 18.5 Å². The predicted molar refractivity (Wildman–Crippen MR) is 86.9 cm³/mol. The van der Waals surface area contributed by atoms with Gasteiger partial charge >= 0.3 is 0 Å². The fourth-order valence-electron chi connectivity index (χ4n) is 4.32. The molecule has 0 amide bonds. The minimum Gasteiger partial charge on any atom is -0.329 e. The molecule has 2 rings (SSSR count). The molecule has 1 saturated carbocycles. The number of nitrogens with two attached hydrogens (primary N) is 1. The van der Waals surface area contributed by atoms with Crippen molar-refractivity contribution in [1.82, 2.24) is 9.80 Å². The summed E-state index contributed by atoms with van der Waals surface area (Å²) in [4.78, 5) is 5.34. The summed E-state index contributed by atoms with van der Waals surface area (Å²) in [6.45, 7) is 10.3. The molecular formula is C17H35N3. The topological polar surface area (TPSA) is 32.5 Å². The van der Waals surface area contributed by atoms with Crippen molar-refractivity contribution in [1.29, 1.82) is 0 Å². The summed E-state index contributed by atoms with van der Waals surface area (Å²) in [6, 6.07) is 1.44. The third kappa shape index (κ3) is 3.37. The Kier molecular flexibility index (Phi) is 5.49. The Bertz CT molecular complexity index is 299. The maximum absolute atomic E-state index is 6.33. The Labute approximate surface area is 125 Å². The molecule has 3 heteroatoms. The van der Waals surface area contributed by atoms with Gasteiger partial charge in [-0.15, -0.1) is 0 Å². The molecule has 3 nitrogen and oxygen atoms in total. The van der Waals surface area contributed by atoms with Gasteiger partial charge in [-0.3, -0.25) is 4.90 Å². The van der Waals surface area contributed by atoms with Gasteiger partial charge in [0.25, 0.3) is 0 Å². The van der Waals surface area contributed by atoms with E-state index in [-0.39, 0.29) is 5.54 Å². The molecule has 1 aliphatic carbocycles. The zero-order valence-corrected chi connectivity index (χ0v) is 14.1. The highest BCUT2D eigenvalue weighted by molar-refractivity contribution is 5.01. The zero-order valence-electron chi connectivity index (χ0n) is 14.1. The van der Waals surface area contributed by atoms with Crippen LogP contribution in [0.25, 0.3) is 0 Å². The first-order valence-electron chi connectivity index (χ1n) is 8.65. The lowest BCUT2D eigenvalue weighted by atomic mass is 9.80. The number of likely N-dealkylation sites (tertiary alicyclic amines) is 1. The van der Waals surface area contributed by atoms with Gasteiger partial charge in [0.05, 0.1) is 0 Å². The molecule has 118 valence electrons. The number of hydrogen-bond donors (Lipinski definition) is 1. The van der Waals surface area contributed by atoms with Gasteiger partial charge in [-0.25, -0.2) is 0 Å². The van der Waals surface area contributed by atoms with Crippen LogP contribution in [0.1, 0.15) is 59.3 Å². The smallest absolute Gasteiger partial charge is 0.0361 e. The summed E-state index contributed by atoms with van der Waals surface area (Å²) >= 11 is 0. The van der Waals surface area contributed by atoms with E-state index in [1.165, 1.54) is 51.6 Å². The third-order valence-electron chi connectivity index (χ3n) is 5.67. The summed E-state index contributed by atoms with van der Waals surface area (Å²) in [5.41, 5.74) is 6.59. The van der Waals surface area contributed by atoms with Gasteiger partial charge in [-0.2, -0.15) is 0 Å². The van der Waals surface area contributed by atoms with Crippen LogP contribution >= 0.6 is 0 Å². The van der Waals surface area contributed by atoms with Crippen LogP contribution in [0.2, 0.25) is 0 Å². The van der Waals surface area contributed by atoms with E-state index in [1.54, 1.807) is 0 Å². The van der Waals surface area contributed by atoms with Crippen molar-refractivity contribution in [3.8, 4) is 0 Å². The molecule has 20 heavy (non-hydrogen) atoms. The van der Waals surface area contributed by atoms with Crippen LogP contribution in [0.3, 0.4) is 0 Å². The Morgan fingerprint density at radius 3 is 2.45 bits per heavy atom. The maximum atomic E-state index is 6.33. The minimum atomic E-state index is 0.255. The highest BCUT2D eigenvalue weighted by Gasteiger charge is 2.44. The van der Waals surface area contributed by atoms with Crippen molar-refractivity contribution in [2.75, 3.05) is 26.7 Å². The molecule has 0 aromatic heterocycles. The summed E-state index contributed by atoms with van der Waals surface area (Å²) in [6.07, 6.45) is 8.08. The second-order valence-corrected chi connectivity index (χ2v) is 7.70. The van der Waals surface area contributed by atoms with Crippen LogP contribution < -0.4 is 5.73 Å².